The summed E-state index contributed by atoms with van der Waals surface area (Å²) < 4.78 is 15.5. The van der Waals surface area contributed by atoms with Crippen LogP contribution in [0.15, 0.2) is 12.1 Å². The highest BCUT2D eigenvalue weighted by Gasteiger charge is 2.11. The molecule has 0 saturated carbocycles. The number of rotatable bonds is 3. The molecule has 0 saturated heterocycles. The molecule has 0 aromatic heterocycles. The van der Waals surface area contributed by atoms with Gasteiger partial charge in [-0.25, -0.2) is 0 Å². The lowest BCUT2D eigenvalue weighted by Gasteiger charge is -2.12. The molecule has 0 spiro atoms. The molecule has 1 aromatic carbocycles. The van der Waals surface area contributed by atoms with Gasteiger partial charge in [0.25, 0.3) is 0 Å². The maximum atomic E-state index is 8.62. The molecule has 0 fully saturated rings. The van der Waals surface area contributed by atoms with Crippen molar-refractivity contribution >= 4 is 0 Å². The SMILES string of the molecule is COc1cc(C#CCO)cc(OC)c1OC. The number of benzene rings is 1. The second kappa shape index (κ2) is 5.89. The van der Waals surface area contributed by atoms with Gasteiger partial charge in [0, 0.05) is 5.56 Å². The van der Waals surface area contributed by atoms with Gasteiger partial charge in [0.1, 0.15) is 6.61 Å². The first-order valence-corrected chi connectivity index (χ1v) is 4.66. The van der Waals surface area contributed by atoms with Crippen molar-refractivity contribution in [3.63, 3.8) is 0 Å². The van der Waals surface area contributed by atoms with Crippen LogP contribution in [0.4, 0.5) is 0 Å². The summed E-state index contributed by atoms with van der Waals surface area (Å²) in [4.78, 5) is 0. The monoisotopic (exact) mass is 222 g/mol. The number of methoxy groups -OCH3 is 3. The van der Waals surface area contributed by atoms with Gasteiger partial charge in [-0.1, -0.05) is 11.8 Å². The molecule has 0 aliphatic heterocycles. The average molecular weight is 222 g/mol. The van der Waals surface area contributed by atoms with E-state index in [-0.39, 0.29) is 6.61 Å². The lowest BCUT2D eigenvalue weighted by atomic mass is 10.2. The highest BCUT2D eigenvalue weighted by molar-refractivity contribution is 5.57. The Morgan fingerprint density at radius 1 is 1.06 bits per heavy atom. The zero-order valence-corrected chi connectivity index (χ0v) is 9.53. The predicted octanol–water partition coefficient (Wildman–Crippen LogP) is 1.06. The molecule has 0 aliphatic carbocycles. The van der Waals surface area contributed by atoms with E-state index < -0.39 is 0 Å². The fourth-order valence-electron chi connectivity index (χ4n) is 1.29. The van der Waals surface area contributed by atoms with E-state index in [0.717, 1.165) is 0 Å². The van der Waals surface area contributed by atoms with E-state index in [4.69, 9.17) is 19.3 Å². The molecule has 0 radical (unpaired) electrons. The molecule has 0 atom stereocenters. The third-order valence-corrected chi connectivity index (χ3v) is 1.98. The summed E-state index contributed by atoms with van der Waals surface area (Å²) in [6.45, 7) is -0.184. The first kappa shape index (κ1) is 12.2. The van der Waals surface area contributed by atoms with Gasteiger partial charge >= 0.3 is 0 Å². The Kier molecular flexibility index (Phi) is 4.49. The number of hydrogen-bond acceptors (Lipinski definition) is 4. The summed E-state index contributed by atoms with van der Waals surface area (Å²) in [6, 6.07) is 3.45. The summed E-state index contributed by atoms with van der Waals surface area (Å²) in [7, 11) is 4.63. The molecule has 1 rings (SSSR count). The van der Waals surface area contributed by atoms with Crippen molar-refractivity contribution in [3.05, 3.63) is 17.7 Å². The summed E-state index contributed by atoms with van der Waals surface area (Å²) in [6.07, 6.45) is 0. The van der Waals surface area contributed by atoms with Crippen LogP contribution >= 0.6 is 0 Å². The van der Waals surface area contributed by atoms with Crippen molar-refractivity contribution in [2.45, 2.75) is 0 Å². The zero-order valence-electron chi connectivity index (χ0n) is 9.53. The molecule has 0 heterocycles. The van der Waals surface area contributed by atoms with Crippen LogP contribution in [0, 0.1) is 11.8 Å². The average Bonchev–Trinajstić information content (AvgIpc) is 2.34. The van der Waals surface area contributed by atoms with Crippen LogP contribution in [0.1, 0.15) is 5.56 Å². The Bertz CT molecular complexity index is 390. The van der Waals surface area contributed by atoms with Gasteiger partial charge in [0.15, 0.2) is 11.5 Å². The van der Waals surface area contributed by atoms with Gasteiger partial charge < -0.3 is 19.3 Å². The smallest absolute Gasteiger partial charge is 0.203 e. The Balaban J connectivity index is 3.25. The Hall–Kier alpha value is -1.86. The predicted molar refractivity (Wildman–Crippen MR) is 60.1 cm³/mol. The Labute approximate surface area is 94.8 Å². The second-order valence-electron chi connectivity index (χ2n) is 2.87. The van der Waals surface area contributed by atoms with Gasteiger partial charge in [-0.15, -0.1) is 0 Å². The molecular weight excluding hydrogens is 208 g/mol. The quantitative estimate of drug-likeness (QED) is 0.777. The Morgan fingerprint density at radius 3 is 2.00 bits per heavy atom. The Morgan fingerprint density at radius 2 is 1.62 bits per heavy atom. The van der Waals surface area contributed by atoms with Crippen LogP contribution in [-0.2, 0) is 0 Å². The highest BCUT2D eigenvalue weighted by Crippen LogP contribution is 2.37. The summed E-state index contributed by atoms with van der Waals surface area (Å²) in [5, 5.41) is 8.62. The number of aliphatic hydroxyl groups is 1. The maximum Gasteiger partial charge on any atom is 0.203 e. The van der Waals surface area contributed by atoms with E-state index in [1.165, 1.54) is 0 Å². The first-order chi connectivity index (χ1) is 7.76. The standard InChI is InChI=1S/C12H14O4/c1-14-10-7-9(5-4-6-13)8-11(15-2)12(10)16-3/h7-8,13H,6H2,1-3H3. The minimum atomic E-state index is -0.184. The highest BCUT2D eigenvalue weighted by atomic mass is 16.5. The van der Waals surface area contributed by atoms with Crippen molar-refractivity contribution in [3.8, 4) is 29.1 Å². The van der Waals surface area contributed by atoms with E-state index >= 15 is 0 Å². The van der Waals surface area contributed by atoms with Crippen LogP contribution < -0.4 is 14.2 Å². The largest absolute Gasteiger partial charge is 0.493 e. The normalized spacial score (nSPS) is 9.00. The van der Waals surface area contributed by atoms with Crippen LogP contribution in [0.2, 0.25) is 0 Å². The van der Waals surface area contributed by atoms with Crippen molar-refractivity contribution < 1.29 is 19.3 Å². The molecule has 0 unspecified atom stereocenters. The van der Waals surface area contributed by atoms with Gasteiger partial charge in [-0.3, -0.25) is 0 Å². The van der Waals surface area contributed by atoms with E-state index in [2.05, 4.69) is 11.8 Å². The number of aliphatic hydroxyl groups excluding tert-OH is 1. The zero-order chi connectivity index (χ0) is 12.0. The lowest BCUT2D eigenvalue weighted by molar-refractivity contribution is 0.324. The summed E-state index contributed by atoms with van der Waals surface area (Å²) in [5.41, 5.74) is 0.698. The molecule has 0 amide bonds. The molecule has 0 bridgehead atoms. The third kappa shape index (κ3) is 2.59. The van der Waals surface area contributed by atoms with Crippen LogP contribution in [0.3, 0.4) is 0 Å². The van der Waals surface area contributed by atoms with Gasteiger partial charge in [-0.05, 0) is 12.1 Å². The van der Waals surface area contributed by atoms with Gasteiger partial charge in [0.05, 0.1) is 21.3 Å². The van der Waals surface area contributed by atoms with Gasteiger partial charge in [-0.2, -0.15) is 0 Å². The van der Waals surface area contributed by atoms with Crippen LogP contribution in [0.25, 0.3) is 0 Å². The van der Waals surface area contributed by atoms with Crippen molar-refractivity contribution in [2.24, 2.45) is 0 Å². The molecule has 86 valence electrons. The molecule has 0 aliphatic rings. The fourth-order valence-corrected chi connectivity index (χ4v) is 1.29. The molecule has 16 heavy (non-hydrogen) atoms. The fraction of sp³-hybridized carbons (Fsp3) is 0.333. The molecule has 1 N–H and O–H groups in total. The molecule has 4 nitrogen and oxygen atoms in total. The summed E-state index contributed by atoms with van der Waals surface area (Å²) in [5.74, 6) is 6.96. The van der Waals surface area contributed by atoms with Crippen molar-refractivity contribution in [1.82, 2.24) is 0 Å². The van der Waals surface area contributed by atoms with Crippen molar-refractivity contribution in [2.75, 3.05) is 27.9 Å². The van der Waals surface area contributed by atoms with Crippen LogP contribution in [-0.4, -0.2) is 33.0 Å². The molecule has 1 aromatic rings. The number of ether oxygens (including phenoxy) is 3. The van der Waals surface area contributed by atoms with Crippen LogP contribution in [0.5, 0.6) is 17.2 Å². The minimum absolute atomic E-state index is 0.184. The van der Waals surface area contributed by atoms with Crippen molar-refractivity contribution in [1.29, 1.82) is 0 Å². The van der Waals surface area contributed by atoms with Gasteiger partial charge in [0.2, 0.25) is 5.75 Å². The first-order valence-electron chi connectivity index (χ1n) is 4.66. The minimum Gasteiger partial charge on any atom is -0.493 e. The molecule has 4 heteroatoms. The summed E-state index contributed by atoms with van der Waals surface area (Å²) >= 11 is 0. The van der Waals surface area contributed by atoms with E-state index in [1.54, 1.807) is 33.5 Å². The molecular formula is C12H14O4. The third-order valence-electron chi connectivity index (χ3n) is 1.98. The van der Waals surface area contributed by atoms with E-state index in [0.29, 0.717) is 22.8 Å². The lowest BCUT2D eigenvalue weighted by Crippen LogP contribution is -1.95. The topological polar surface area (TPSA) is 47.9 Å². The number of hydrogen-bond donors (Lipinski definition) is 1. The second-order valence-corrected chi connectivity index (χ2v) is 2.87. The maximum absolute atomic E-state index is 8.62. The van der Waals surface area contributed by atoms with E-state index in [9.17, 15) is 0 Å². The van der Waals surface area contributed by atoms with E-state index in [1.807, 2.05) is 0 Å².